The van der Waals surface area contributed by atoms with Gasteiger partial charge in [0.2, 0.25) is 0 Å². The summed E-state index contributed by atoms with van der Waals surface area (Å²) in [6, 6.07) is 0.403. The van der Waals surface area contributed by atoms with Crippen molar-refractivity contribution >= 4 is 0 Å². The third-order valence-electron chi connectivity index (χ3n) is 2.60. The Morgan fingerprint density at radius 1 is 1.33 bits per heavy atom. The van der Waals surface area contributed by atoms with E-state index in [1.165, 1.54) is 19.3 Å². The summed E-state index contributed by atoms with van der Waals surface area (Å²) in [5, 5.41) is 0. The van der Waals surface area contributed by atoms with Crippen molar-refractivity contribution in [2.24, 2.45) is 11.7 Å². The maximum absolute atomic E-state index is 6.05. The van der Waals surface area contributed by atoms with Gasteiger partial charge in [-0.1, -0.05) is 32.8 Å². The quantitative estimate of drug-likeness (QED) is 0.460. The molecular formula is C11H23N. The van der Waals surface area contributed by atoms with Gasteiger partial charge in [-0.3, -0.25) is 0 Å². The molecule has 0 radical (unpaired) electrons. The fourth-order valence-electron chi connectivity index (χ4n) is 1.63. The van der Waals surface area contributed by atoms with Gasteiger partial charge in [0, 0.05) is 6.04 Å². The summed E-state index contributed by atoms with van der Waals surface area (Å²) in [7, 11) is 0. The van der Waals surface area contributed by atoms with Crippen molar-refractivity contribution in [1.29, 1.82) is 0 Å². The SMILES string of the molecule is C=CCCCC(N)C(CC)CC. The molecule has 1 atom stereocenters. The Morgan fingerprint density at radius 2 is 1.92 bits per heavy atom. The summed E-state index contributed by atoms with van der Waals surface area (Å²) in [6.45, 7) is 8.15. The summed E-state index contributed by atoms with van der Waals surface area (Å²) >= 11 is 0. The zero-order valence-electron chi connectivity index (χ0n) is 8.55. The molecule has 12 heavy (non-hydrogen) atoms. The smallest absolute Gasteiger partial charge is 0.00670 e. The zero-order valence-corrected chi connectivity index (χ0v) is 8.55. The Balaban J connectivity index is 3.53. The average molecular weight is 169 g/mol. The molecule has 1 nitrogen and oxygen atoms in total. The maximum atomic E-state index is 6.05. The van der Waals surface area contributed by atoms with Crippen LogP contribution in [0.15, 0.2) is 12.7 Å². The molecule has 0 aromatic carbocycles. The molecule has 1 unspecified atom stereocenters. The third kappa shape index (κ3) is 4.55. The van der Waals surface area contributed by atoms with E-state index in [9.17, 15) is 0 Å². The van der Waals surface area contributed by atoms with Gasteiger partial charge in [-0.2, -0.15) is 0 Å². The van der Waals surface area contributed by atoms with Gasteiger partial charge in [0.25, 0.3) is 0 Å². The molecule has 0 rings (SSSR count). The van der Waals surface area contributed by atoms with E-state index in [1.807, 2.05) is 6.08 Å². The molecule has 0 spiro atoms. The molecule has 2 N–H and O–H groups in total. The average Bonchev–Trinajstić information content (AvgIpc) is 2.07. The van der Waals surface area contributed by atoms with Gasteiger partial charge in [0.15, 0.2) is 0 Å². The fourth-order valence-corrected chi connectivity index (χ4v) is 1.63. The van der Waals surface area contributed by atoms with E-state index in [0.29, 0.717) is 6.04 Å². The molecule has 0 aliphatic rings. The number of unbranched alkanes of at least 4 members (excludes halogenated alkanes) is 1. The lowest BCUT2D eigenvalue weighted by molar-refractivity contribution is 0.372. The largest absolute Gasteiger partial charge is 0.327 e. The first-order valence-corrected chi connectivity index (χ1v) is 5.12. The molecule has 0 aromatic heterocycles. The molecule has 1 heteroatoms. The van der Waals surface area contributed by atoms with Crippen molar-refractivity contribution < 1.29 is 0 Å². The highest BCUT2D eigenvalue weighted by Gasteiger charge is 2.12. The first-order chi connectivity index (χ1) is 5.76. The number of rotatable bonds is 7. The van der Waals surface area contributed by atoms with Crippen molar-refractivity contribution in [2.75, 3.05) is 0 Å². The predicted octanol–water partition coefficient (Wildman–Crippen LogP) is 3.11. The van der Waals surface area contributed by atoms with Crippen LogP contribution in [0.3, 0.4) is 0 Å². The molecule has 72 valence electrons. The summed E-state index contributed by atoms with van der Waals surface area (Å²) in [5.41, 5.74) is 6.05. The van der Waals surface area contributed by atoms with Crippen LogP contribution >= 0.6 is 0 Å². The monoisotopic (exact) mass is 169 g/mol. The second-order valence-corrected chi connectivity index (χ2v) is 3.46. The van der Waals surface area contributed by atoms with Gasteiger partial charge in [-0.05, 0) is 25.2 Å². The Morgan fingerprint density at radius 3 is 2.33 bits per heavy atom. The maximum Gasteiger partial charge on any atom is 0.00670 e. The third-order valence-corrected chi connectivity index (χ3v) is 2.60. The van der Waals surface area contributed by atoms with E-state index < -0.39 is 0 Å². The van der Waals surface area contributed by atoms with Crippen molar-refractivity contribution in [3.05, 3.63) is 12.7 Å². The van der Waals surface area contributed by atoms with Crippen LogP contribution in [-0.2, 0) is 0 Å². The van der Waals surface area contributed by atoms with E-state index in [-0.39, 0.29) is 0 Å². The molecule has 0 amide bonds. The highest BCUT2D eigenvalue weighted by Crippen LogP contribution is 2.15. The van der Waals surface area contributed by atoms with Crippen LogP contribution in [-0.4, -0.2) is 6.04 Å². The molecule has 0 fully saturated rings. The fraction of sp³-hybridized carbons (Fsp3) is 0.818. The molecule has 0 bridgehead atoms. The van der Waals surface area contributed by atoms with Gasteiger partial charge in [0.1, 0.15) is 0 Å². The van der Waals surface area contributed by atoms with Crippen LogP contribution in [0.2, 0.25) is 0 Å². The van der Waals surface area contributed by atoms with E-state index in [4.69, 9.17) is 5.73 Å². The summed E-state index contributed by atoms with van der Waals surface area (Å²) < 4.78 is 0. The van der Waals surface area contributed by atoms with Crippen LogP contribution in [0.1, 0.15) is 46.0 Å². The van der Waals surface area contributed by atoms with Crippen molar-refractivity contribution in [1.82, 2.24) is 0 Å². The first kappa shape index (κ1) is 11.7. The minimum Gasteiger partial charge on any atom is -0.327 e. The highest BCUT2D eigenvalue weighted by atomic mass is 14.6. The Kier molecular flexibility index (Phi) is 7.17. The van der Waals surface area contributed by atoms with Crippen molar-refractivity contribution in [3.8, 4) is 0 Å². The van der Waals surface area contributed by atoms with Crippen LogP contribution < -0.4 is 5.73 Å². The van der Waals surface area contributed by atoms with E-state index in [1.54, 1.807) is 0 Å². The van der Waals surface area contributed by atoms with Crippen LogP contribution in [0, 0.1) is 5.92 Å². The summed E-state index contributed by atoms with van der Waals surface area (Å²) in [4.78, 5) is 0. The van der Waals surface area contributed by atoms with Crippen molar-refractivity contribution in [3.63, 3.8) is 0 Å². The van der Waals surface area contributed by atoms with Crippen molar-refractivity contribution in [2.45, 2.75) is 52.0 Å². The number of allylic oxidation sites excluding steroid dienone is 1. The Bertz CT molecular complexity index is 106. The van der Waals surface area contributed by atoms with Gasteiger partial charge in [0.05, 0.1) is 0 Å². The van der Waals surface area contributed by atoms with Gasteiger partial charge in [-0.25, -0.2) is 0 Å². The van der Waals surface area contributed by atoms with E-state index in [2.05, 4.69) is 20.4 Å². The minimum absolute atomic E-state index is 0.403. The Labute approximate surface area is 77.0 Å². The van der Waals surface area contributed by atoms with Gasteiger partial charge < -0.3 is 5.73 Å². The number of hydrogen-bond acceptors (Lipinski definition) is 1. The van der Waals surface area contributed by atoms with E-state index in [0.717, 1.165) is 18.8 Å². The topological polar surface area (TPSA) is 26.0 Å². The normalized spacial score (nSPS) is 13.3. The zero-order chi connectivity index (χ0) is 9.40. The standard InChI is InChI=1S/C11H23N/c1-4-7-8-9-11(12)10(5-2)6-3/h4,10-11H,1,5-9,12H2,2-3H3. The second kappa shape index (κ2) is 7.35. The molecule has 0 saturated heterocycles. The minimum atomic E-state index is 0.403. The molecule has 0 aliphatic carbocycles. The number of hydrogen-bond donors (Lipinski definition) is 1. The lowest BCUT2D eigenvalue weighted by atomic mass is 9.91. The Hall–Kier alpha value is -0.300. The van der Waals surface area contributed by atoms with Crippen LogP contribution in [0.5, 0.6) is 0 Å². The van der Waals surface area contributed by atoms with Crippen LogP contribution in [0.25, 0.3) is 0 Å². The molecule has 0 saturated carbocycles. The van der Waals surface area contributed by atoms with Gasteiger partial charge in [-0.15, -0.1) is 6.58 Å². The van der Waals surface area contributed by atoms with Gasteiger partial charge >= 0.3 is 0 Å². The van der Waals surface area contributed by atoms with E-state index >= 15 is 0 Å². The second-order valence-electron chi connectivity index (χ2n) is 3.46. The molecular weight excluding hydrogens is 146 g/mol. The highest BCUT2D eigenvalue weighted by molar-refractivity contribution is 4.73. The molecule has 0 aromatic rings. The summed E-state index contributed by atoms with van der Waals surface area (Å²) in [6.07, 6.45) is 7.85. The van der Waals surface area contributed by atoms with Crippen LogP contribution in [0.4, 0.5) is 0 Å². The number of nitrogens with two attached hydrogens (primary N) is 1. The lowest BCUT2D eigenvalue weighted by Crippen LogP contribution is -2.29. The summed E-state index contributed by atoms with van der Waals surface area (Å²) in [5.74, 6) is 0.717. The molecule has 0 aliphatic heterocycles. The molecule has 0 heterocycles. The lowest BCUT2D eigenvalue weighted by Gasteiger charge is -2.20. The first-order valence-electron chi connectivity index (χ1n) is 5.12. The predicted molar refractivity (Wildman–Crippen MR) is 56.1 cm³/mol.